The monoisotopic (exact) mass is 911 g/mol. The smallest absolute Gasteiger partial charge is 0.407 e. The second kappa shape index (κ2) is 28.8. The first-order valence-electron chi connectivity index (χ1n) is 23.1. The van der Waals surface area contributed by atoms with Crippen LogP contribution in [-0.2, 0) is 52.9 Å². The van der Waals surface area contributed by atoms with Gasteiger partial charge in [-0.05, 0) is 66.2 Å². The molecular weight excluding hydrogens is 837 g/mol. The van der Waals surface area contributed by atoms with E-state index in [1.54, 1.807) is 13.8 Å². The summed E-state index contributed by atoms with van der Waals surface area (Å²) in [6.45, 7) is 14.5. The van der Waals surface area contributed by atoms with E-state index in [-0.39, 0.29) is 39.0 Å². The SMILES string of the molecule is CC(=O)OCC(CN1CC1C)OC(=O)NCCCCCCn1c(=O)n(CCCCCCNC(=O)OC(C)C)c(=O)n(CCCCCCNC(=O)OC(COC(C)=O)CN2CC2C)c1=O. The van der Waals surface area contributed by atoms with E-state index in [9.17, 15) is 38.4 Å². The number of aromatic nitrogens is 3. The van der Waals surface area contributed by atoms with E-state index in [1.807, 2.05) is 0 Å². The van der Waals surface area contributed by atoms with Gasteiger partial charge in [-0.25, -0.2) is 42.5 Å². The third-order valence-electron chi connectivity index (χ3n) is 10.8. The van der Waals surface area contributed by atoms with Gasteiger partial charge in [-0.2, -0.15) is 0 Å². The largest absolute Gasteiger partial charge is 0.462 e. The molecule has 3 amide bonds. The van der Waals surface area contributed by atoms with Crippen LogP contribution in [0.2, 0.25) is 0 Å². The number of ether oxygens (including phenoxy) is 5. The molecule has 0 bridgehead atoms. The molecule has 2 aliphatic heterocycles. The number of carbonyl (C=O) groups excluding carboxylic acids is 5. The maximum Gasteiger partial charge on any atom is 0.407 e. The lowest BCUT2D eigenvalue weighted by Gasteiger charge is -2.18. The van der Waals surface area contributed by atoms with E-state index in [0.29, 0.717) is 115 Å². The molecule has 364 valence electrons. The molecule has 0 radical (unpaired) electrons. The molecule has 0 saturated carbocycles. The molecule has 1 aromatic rings. The third-order valence-corrected chi connectivity index (χ3v) is 10.8. The van der Waals surface area contributed by atoms with Crippen molar-refractivity contribution in [3.63, 3.8) is 0 Å². The van der Waals surface area contributed by atoms with Crippen molar-refractivity contribution in [3.8, 4) is 0 Å². The van der Waals surface area contributed by atoms with Crippen molar-refractivity contribution in [1.29, 1.82) is 0 Å². The molecule has 6 unspecified atom stereocenters. The third kappa shape index (κ3) is 21.6. The Morgan fingerprint density at radius 2 is 0.812 bits per heavy atom. The fourth-order valence-corrected chi connectivity index (χ4v) is 7.00. The van der Waals surface area contributed by atoms with Crippen molar-refractivity contribution in [2.45, 2.75) is 169 Å². The number of amides is 3. The van der Waals surface area contributed by atoms with Crippen LogP contribution in [0.1, 0.15) is 119 Å². The summed E-state index contributed by atoms with van der Waals surface area (Å²) in [5, 5.41) is 8.17. The number of hydrogen-bond donors (Lipinski definition) is 3. The summed E-state index contributed by atoms with van der Waals surface area (Å²) in [6, 6.07) is 0.794. The van der Waals surface area contributed by atoms with Crippen LogP contribution in [-0.4, -0.2) is 143 Å². The molecular formula is C43H74N8O13. The molecule has 6 atom stereocenters. The molecule has 3 N–H and O–H groups in total. The van der Waals surface area contributed by atoms with E-state index in [1.165, 1.54) is 13.8 Å². The van der Waals surface area contributed by atoms with Crippen molar-refractivity contribution in [1.82, 2.24) is 39.5 Å². The Kier molecular flexibility index (Phi) is 24.0. The summed E-state index contributed by atoms with van der Waals surface area (Å²) < 4.78 is 29.6. The van der Waals surface area contributed by atoms with E-state index in [0.717, 1.165) is 33.2 Å². The van der Waals surface area contributed by atoms with Gasteiger partial charge in [-0.15, -0.1) is 0 Å². The minimum Gasteiger partial charge on any atom is -0.462 e. The normalized spacial score (nSPS) is 18.4. The summed E-state index contributed by atoms with van der Waals surface area (Å²) >= 11 is 0. The average molecular weight is 911 g/mol. The zero-order chi connectivity index (χ0) is 47.0. The van der Waals surface area contributed by atoms with Crippen molar-refractivity contribution in [2.24, 2.45) is 0 Å². The molecule has 1 aromatic heterocycles. The highest BCUT2D eigenvalue weighted by atomic mass is 16.6. The van der Waals surface area contributed by atoms with Crippen molar-refractivity contribution in [3.05, 3.63) is 31.5 Å². The fraction of sp³-hybridized carbons (Fsp3) is 0.814. The van der Waals surface area contributed by atoms with Gasteiger partial charge in [-0.1, -0.05) is 38.5 Å². The zero-order valence-corrected chi connectivity index (χ0v) is 38.9. The lowest BCUT2D eigenvalue weighted by Crippen LogP contribution is -2.54. The van der Waals surface area contributed by atoms with Crippen LogP contribution in [0.4, 0.5) is 14.4 Å². The highest BCUT2D eigenvalue weighted by Crippen LogP contribution is 2.18. The van der Waals surface area contributed by atoms with E-state index in [2.05, 4.69) is 39.6 Å². The quantitative estimate of drug-likeness (QED) is 0.0408. The Labute approximate surface area is 375 Å². The van der Waals surface area contributed by atoms with E-state index < -0.39 is 59.5 Å². The highest BCUT2D eigenvalue weighted by Gasteiger charge is 2.34. The number of rotatable bonds is 32. The number of hydrogen-bond acceptors (Lipinski definition) is 15. The number of alkyl carbamates (subject to hydrolysis) is 3. The van der Waals surface area contributed by atoms with Crippen molar-refractivity contribution < 1.29 is 47.7 Å². The standard InChI is InChI=1S/C43H74N8O13/c1-31(2)62-38(54)44-19-13-7-10-16-22-49-41(57)50(23-17-11-8-14-20-45-39(55)63-36(29-60-34(5)52)27-47-25-32(47)3)43(59)51(42(49)58)24-18-12-9-15-21-46-40(56)64-37(30-61-35(6)53)28-48-26-33(48)4/h31-33,36-37H,7-30H2,1-6H3,(H,44,54)(H,45,55)(H,46,56). The molecule has 3 rings (SSSR count). The van der Waals surface area contributed by atoms with Crippen LogP contribution in [0.15, 0.2) is 14.4 Å². The predicted octanol–water partition coefficient (Wildman–Crippen LogP) is 2.71. The maximum atomic E-state index is 13.6. The lowest BCUT2D eigenvalue weighted by molar-refractivity contribution is -0.144. The van der Waals surface area contributed by atoms with Gasteiger partial charge in [0.25, 0.3) is 0 Å². The first-order chi connectivity index (χ1) is 30.5. The summed E-state index contributed by atoms with van der Waals surface area (Å²) in [7, 11) is 0. The fourth-order valence-electron chi connectivity index (χ4n) is 7.00. The molecule has 2 fully saturated rings. The van der Waals surface area contributed by atoms with Crippen molar-refractivity contribution in [2.75, 3.05) is 59.0 Å². The van der Waals surface area contributed by atoms with Crippen LogP contribution < -0.4 is 33.0 Å². The average Bonchev–Trinajstić information content (AvgIpc) is 4.13. The van der Waals surface area contributed by atoms with Gasteiger partial charge in [0.15, 0.2) is 12.2 Å². The van der Waals surface area contributed by atoms with Crippen LogP contribution in [0.3, 0.4) is 0 Å². The van der Waals surface area contributed by atoms with Gasteiger partial charge in [0.1, 0.15) is 13.2 Å². The van der Waals surface area contributed by atoms with Crippen LogP contribution in [0, 0.1) is 0 Å². The van der Waals surface area contributed by atoms with Crippen LogP contribution in [0.5, 0.6) is 0 Å². The van der Waals surface area contributed by atoms with Crippen molar-refractivity contribution >= 4 is 30.2 Å². The molecule has 3 heterocycles. The minimum absolute atomic E-state index is 0.0184. The molecule has 2 aliphatic rings. The Morgan fingerprint density at radius 1 is 0.516 bits per heavy atom. The summed E-state index contributed by atoms with van der Waals surface area (Å²) in [5.41, 5.74) is -1.95. The number of nitrogens with one attached hydrogen (secondary N) is 3. The first kappa shape index (κ1) is 53.4. The molecule has 2 saturated heterocycles. The Balaban J connectivity index is 1.48. The Bertz CT molecular complexity index is 1710. The second-order valence-corrected chi connectivity index (χ2v) is 17.0. The summed E-state index contributed by atoms with van der Waals surface area (Å²) in [5.74, 6) is -0.895. The van der Waals surface area contributed by atoms with Gasteiger partial charge < -0.3 is 39.6 Å². The lowest BCUT2D eigenvalue weighted by atomic mass is 10.2. The summed E-state index contributed by atoms with van der Waals surface area (Å²) in [6.07, 6.45) is 4.62. The van der Waals surface area contributed by atoms with Gasteiger partial charge in [-0.3, -0.25) is 19.4 Å². The number of unbranched alkanes of at least 4 members (excludes halogenated alkanes) is 9. The molecule has 21 nitrogen and oxygen atoms in total. The van der Waals surface area contributed by atoms with Crippen LogP contribution in [0.25, 0.3) is 0 Å². The molecule has 0 spiro atoms. The van der Waals surface area contributed by atoms with E-state index >= 15 is 0 Å². The van der Waals surface area contributed by atoms with Gasteiger partial charge >= 0.3 is 47.3 Å². The topological polar surface area (TPSA) is 240 Å². The first-order valence-corrected chi connectivity index (χ1v) is 23.1. The molecule has 0 aliphatic carbocycles. The maximum absolute atomic E-state index is 13.6. The minimum atomic E-state index is -0.653. The number of carbonyl (C=O) groups is 5. The number of nitrogens with zero attached hydrogens (tertiary/aromatic N) is 5. The van der Waals surface area contributed by atoms with E-state index in [4.69, 9.17) is 23.7 Å². The Hall–Kier alpha value is -4.92. The van der Waals surface area contributed by atoms with Crippen LogP contribution >= 0.6 is 0 Å². The predicted molar refractivity (Wildman–Crippen MR) is 236 cm³/mol. The van der Waals surface area contributed by atoms with Gasteiger partial charge in [0, 0.05) is 91.4 Å². The summed E-state index contributed by atoms with van der Waals surface area (Å²) in [4.78, 5) is 104. The highest BCUT2D eigenvalue weighted by molar-refractivity contribution is 5.68. The molecule has 0 aromatic carbocycles. The van der Waals surface area contributed by atoms with Gasteiger partial charge in [0.2, 0.25) is 0 Å². The molecule has 64 heavy (non-hydrogen) atoms. The van der Waals surface area contributed by atoms with Gasteiger partial charge in [0.05, 0.1) is 6.10 Å². The molecule has 21 heteroatoms. The second-order valence-electron chi connectivity index (χ2n) is 17.0. The number of esters is 2. The zero-order valence-electron chi connectivity index (χ0n) is 38.9. The Morgan fingerprint density at radius 3 is 1.09 bits per heavy atom.